The predicted molar refractivity (Wildman–Crippen MR) is 48.9 cm³/mol. The first-order valence-corrected chi connectivity index (χ1v) is 4.44. The van der Waals surface area contributed by atoms with E-state index in [2.05, 4.69) is 17.0 Å². The lowest BCUT2D eigenvalue weighted by atomic mass is 10.0. The molecule has 3 nitrogen and oxygen atoms in total. The van der Waals surface area contributed by atoms with E-state index in [1.165, 1.54) is 7.11 Å². The molecule has 1 atom stereocenters. The molecule has 0 amide bonds. The van der Waals surface area contributed by atoms with Crippen molar-refractivity contribution in [2.24, 2.45) is 5.92 Å². The lowest BCUT2D eigenvalue weighted by molar-refractivity contribution is -0.144. The Labute approximate surface area is 74.5 Å². The number of carbonyl (C=O) groups excluding carboxylic acids is 1. The van der Waals surface area contributed by atoms with Crippen molar-refractivity contribution in [3.8, 4) is 0 Å². The van der Waals surface area contributed by atoms with Gasteiger partial charge in [0.1, 0.15) is 6.04 Å². The molecule has 0 aliphatic heterocycles. The Hall–Kier alpha value is -0.570. The zero-order chi connectivity index (χ0) is 9.56. The highest BCUT2D eigenvalue weighted by molar-refractivity contribution is 5.75. The summed E-state index contributed by atoms with van der Waals surface area (Å²) in [5.41, 5.74) is 0. The predicted octanol–water partition coefficient (Wildman–Crippen LogP) is 1.18. The van der Waals surface area contributed by atoms with Gasteiger partial charge < -0.3 is 10.1 Å². The van der Waals surface area contributed by atoms with Gasteiger partial charge in [-0.05, 0) is 18.9 Å². The molecule has 0 saturated carbocycles. The molecule has 0 fully saturated rings. The van der Waals surface area contributed by atoms with Crippen molar-refractivity contribution >= 4 is 5.97 Å². The van der Waals surface area contributed by atoms with Gasteiger partial charge in [-0.1, -0.05) is 20.8 Å². The average molecular weight is 173 g/mol. The minimum Gasteiger partial charge on any atom is -0.468 e. The Balaban J connectivity index is 3.95. The van der Waals surface area contributed by atoms with E-state index < -0.39 is 0 Å². The van der Waals surface area contributed by atoms with Crippen molar-refractivity contribution in [3.05, 3.63) is 0 Å². The number of rotatable bonds is 5. The van der Waals surface area contributed by atoms with Gasteiger partial charge >= 0.3 is 5.97 Å². The highest BCUT2D eigenvalue weighted by Gasteiger charge is 2.21. The van der Waals surface area contributed by atoms with Crippen LogP contribution in [-0.4, -0.2) is 25.7 Å². The van der Waals surface area contributed by atoms with Crippen molar-refractivity contribution in [2.75, 3.05) is 13.7 Å². The van der Waals surface area contributed by atoms with E-state index in [4.69, 9.17) is 0 Å². The summed E-state index contributed by atoms with van der Waals surface area (Å²) in [4.78, 5) is 11.2. The molecule has 0 radical (unpaired) electrons. The zero-order valence-corrected chi connectivity index (χ0v) is 8.39. The van der Waals surface area contributed by atoms with Crippen LogP contribution in [0, 0.1) is 5.92 Å². The number of ether oxygens (including phenoxy) is 1. The molecule has 0 rings (SSSR count). The van der Waals surface area contributed by atoms with Crippen molar-refractivity contribution in [3.63, 3.8) is 0 Å². The van der Waals surface area contributed by atoms with Gasteiger partial charge in [0.05, 0.1) is 7.11 Å². The summed E-state index contributed by atoms with van der Waals surface area (Å²) in [5.74, 6) is 0.113. The average Bonchev–Trinajstić information content (AvgIpc) is 2.04. The molecule has 0 aromatic rings. The van der Waals surface area contributed by atoms with E-state index in [0.717, 1.165) is 13.0 Å². The van der Waals surface area contributed by atoms with Crippen LogP contribution in [0.1, 0.15) is 27.2 Å². The van der Waals surface area contributed by atoms with Gasteiger partial charge in [0.15, 0.2) is 0 Å². The smallest absolute Gasteiger partial charge is 0.323 e. The second-order valence-corrected chi connectivity index (χ2v) is 3.20. The van der Waals surface area contributed by atoms with Gasteiger partial charge in [0, 0.05) is 0 Å². The van der Waals surface area contributed by atoms with Gasteiger partial charge in [-0.3, -0.25) is 4.79 Å². The van der Waals surface area contributed by atoms with Crippen LogP contribution in [-0.2, 0) is 9.53 Å². The van der Waals surface area contributed by atoms with Gasteiger partial charge in [0.25, 0.3) is 0 Å². The van der Waals surface area contributed by atoms with Gasteiger partial charge in [0.2, 0.25) is 0 Å². The standard InChI is InChI=1S/C9H19NO2/c1-5-6-10-8(7(2)3)9(11)12-4/h7-8,10H,5-6H2,1-4H3/t8-/m0/s1. The molecular weight excluding hydrogens is 154 g/mol. The van der Waals surface area contributed by atoms with Crippen LogP contribution in [0.25, 0.3) is 0 Å². The van der Waals surface area contributed by atoms with Gasteiger partial charge in [-0.25, -0.2) is 0 Å². The molecule has 0 aromatic carbocycles. The Morgan fingerprint density at radius 3 is 2.42 bits per heavy atom. The Morgan fingerprint density at radius 2 is 2.08 bits per heavy atom. The summed E-state index contributed by atoms with van der Waals surface area (Å²) < 4.78 is 4.67. The summed E-state index contributed by atoms with van der Waals surface area (Å²) in [6.07, 6.45) is 1.03. The highest BCUT2D eigenvalue weighted by atomic mass is 16.5. The third-order valence-corrected chi connectivity index (χ3v) is 1.74. The fourth-order valence-corrected chi connectivity index (χ4v) is 1.02. The van der Waals surface area contributed by atoms with E-state index in [-0.39, 0.29) is 17.9 Å². The van der Waals surface area contributed by atoms with E-state index in [1.807, 2.05) is 13.8 Å². The van der Waals surface area contributed by atoms with E-state index in [1.54, 1.807) is 0 Å². The molecule has 72 valence electrons. The third-order valence-electron chi connectivity index (χ3n) is 1.74. The second kappa shape index (κ2) is 6.00. The van der Waals surface area contributed by atoms with E-state index >= 15 is 0 Å². The highest BCUT2D eigenvalue weighted by Crippen LogP contribution is 2.02. The maximum atomic E-state index is 11.2. The lowest BCUT2D eigenvalue weighted by Crippen LogP contribution is -2.42. The third kappa shape index (κ3) is 3.72. The van der Waals surface area contributed by atoms with Crippen molar-refractivity contribution in [1.82, 2.24) is 5.32 Å². The summed E-state index contributed by atoms with van der Waals surface area (Å²) in [5, 5.41) is 3.14. The van der Waals surface area contributed by atoms with Crippen LogP contribution < -0.4 is 5.32 Å². The van der Waals surface area contributed by atoms with Gasteiger partial charge in [-0.2, -0.15) is 0 Å². The maximum Gasteiger partial charge on any atom is 0.323 e. The maximum absolute atomic E-state index is 11.2. The first-order chi connectivity index (χ1) is 5.63. The van der Waals surface area contributed by atoms with Crippen LogP contribution in [0.3, 0.4) is 0 Å². The molecule has 0 spiro atoms. The second-order valence-electron chi connectivity index (χ2n) is 3.20. The van der Waals surface area contributed by atoms with Crippen LogP contribution in [0.2, 0.25) is 0 Å². The van der Waals surface area contributed by atoms with Crippen LogP contribution in [0.5, 0.6) is 0 Å². The largest absolute Gasteiger partial charge is 0.468 e. The molecule has 12 heavy (non-hydrogen) atoms. The Bertz CT molecular complexity index is 134. The van der Waals surface area contributed by atoms with Crippen molar-refractivity contribution < 1.29 is 9.53 Å². The normalized spacial score (nSPS) is 13.1. The number of carbonyl (C=O) groups is 1. The minimum absolute atomic E-state index is 0.157. The summed E-state index contributed by atoms with van der Waals surface area (Å²) >= 11 is 0. The molecule has 0 aliphatic carbocycles. The fraction of sp³-hybridized carbons (Fsp3) is 0.889. The number of nitrogens with one attached hydrogen (secondary N) is 1. The Kier molecular flexibility index (Phi) is 5.72. The van der Waals surface area contributed by atoms with Crippen molar-refractivity contribution in [2.45, 2.75) is 33.2 Å². The van der Waals surface area contributed by atoms with Crippen LogP contribution in [0.15, 0.2) is 0 Å². The number of methoxy groups -OCH3 is 1. The van der Waals surface area contributed by atoms with Crippen LogP contribution >= 0.6 is 0 Å². The molecular formula is C9H19NO2. The SMILES string of the molecule is CCCN[C@H](C(=O)OC)C(C)C. The van der Waals surface area contributed by atoms with Crippen molar-refractivity contribution in [1.29, 1.82) is 0 Å². The van der Waals surface area contributed by atoms with E-state index in [0.29, 0.717) is 0 Å². The first kappa shape index (κ1) is 11.4. The quantitative estimate of drug-likeness (QED) is 0.634. The lowest BCUT2D eigenvalue weighted by Gasteiger charge is -2.19. The molecule has 0 heterocycles. The zero-order valence-electron chi connectivity index (χ0n) is 8.39. The van der Waals surface area contributed by atoms with Gasteiger partial charge in [-0.15, -0.1) is 0 Å². The monoisotopic (exact) mass is 173 g/mol. The summed E-state index contributed by atoms with van der Waals surface area (Å²) in [6, 6.07) is -0.157. The molecule has 0 aromatic heterocycles. The minimum atomic E-state index is -0.168. The molecule has 0 unspecified atom stereocenters. The molecule has 3 heteroatoms. The summed E-state index contributed by atoms with van der Waals surface area (Å²) in [7, 11) is 1.42. The number of hydrogen-bond donors (Lipinski definition) is 1. The van der Waals surface area contributed by atoms with Crippen LogP contribution in [0.4, 0.5) is 0 Å². The topological polar surface area (TPSA) is 38.3 Å². The fourth-order valence-electron chi connectivity index (χ4n) is 1.02. The molecule has 0 aliphatic rings. The molecule has 0 bridgehead atoms. The molecule has 0 saturated heterocycles. The number of hydrogen-bond acceptors (Lipinski definition) is 3. The summed E-state index contributed by atoms with van der Waals surface area (Å²) in [6.45, 7) is 6.94. The first-order valence-electron chi connectivity index (χ1n) is 4.44. The Morgan fingerprint density at radius 1 is 1.50 bits per heavy atom. The van der Waals surface area contributed by atoms with E-state index in [9.17, 15) is 4.79 Å². The number of esters is 1. The molecule has 1 N–H and O–H groups in total.